The van der Waals surface area contributed by atoms with Crippen LogP contribution in [0.4, 0.5) is 0 Å². The number of nitrogens with one attached hydrogen (secondary N) is 1. The molecule has 0 saturated carbocycles. The summed E-state index contributed by atoms with van der Waals surface area (Å²) in [6.45, 7) is 3.99. The number of carbonyl (C=O) groups is 1. The molecule has 0 unspecified atom stereocenters. The van der Waals surface area contributed by atoms with E-state index in [9.17, 15) is 9.90 Å². The van der Waals surface area contributed by atoms with Gasteiger partial charge in [-0.25, -0.2) is 0 Å². The summed E-state index contributed by atoms with van der Waals surface area (Å²) in [4.78, 5) is 11.6. The maximum Gasteiger partial charge on any atom is 0.258 e. The van der Waals surface area contributed by atoms with Crippen LogP contribution in [0.5, 0.6) is 5.75 Å². The summed E-state index contributed by atoms with van der Waals surface area (Å²) in [6.07, 6.45) is 1.21. The monoisotopic (exact) mass is 329 g/mol. The second-order valence-electron chi connectivity index (χ2n) is 4.45. The number of benzene rings is 1. The molecule has 2 N–H and O–H groups in total. The van der Waals surface area contributed by atoms with Crippen LogP contribution in [0.25, 0.3) is 0 Å². The van der Waals surface area contributed by atoms with E-state index in [2.05, 4.69) is 21.2 Å². The number of amides is 1. The summed E-state index contributed by atoms with van der Waals surface area (Å²) in [7, 11) is 0. The summed E-state index contributed by atoms with van der Waals surface area (Å²) in [6, 6.07) is 7.30. The fraction of sp³-hybridized carbons (Fsp3) is 0.500. The standard InChI is InChI=1S/C14H20BrNO3/c1-3-14(18,4-2)10-16-13(17)9-19-12-7-5-6-11(15)8-12/h5-8,18H,3-4,9-10H2,1-2H3,(H,16,17). The average molecular weight is 330 g/mol. The van der Waals surface area contributed by atoms with Crippen molar-refractivity contribution in [3.8, 4) is 5.75 Å². The van der Waals surface area contributed by atoms with Gasteiger partial charge in [-0.15, -0.1) is 0 Å². The lowest BCUT2D eigenvalue weighted by atomic mass is 9.98. The van der Waals surface area contributed by atoms with E-state index in [1.165, 1.54) is 0 Å². The van der Waals surface area contributed by atoms with Crippen LogP contribution in [0.2, 0.25) is 0 Å². The molecule has 0 spiro atoms. The molecule has 1 aromatic carbocycles. The van der Waals surface area contributed by atoms with Gasteiger partial charge in [0.25, 0.3) is 5.91 Å². The molecular formula is C14H20BrNO3. The van der Waals surface area contributed by atoms with Gasteiger partial charge in [0, 0.05) is 11.0 Å². The van der Waals surface area contributed by atoms with E-state index in [1.54, 1.807) is 12.1 Å². The van der Waals surface area contributed by atoms with E-state index < -0.39 is 5.60 Å². The van der Waals surface area contributed by atoms with Gasteiger partial charge in [0.05, 0.1) is 5.60 Å². The number of hydrogen-bond acceptors (Lipinski definition) is 3. The Morgan fingerprint density at radius 1 is 1.42 bits per heavy atom. The third-order valence-corrected chi connectivity index (χ3v) is 3.59. The normalized spacial score (nSPS) is 11.2. The summed E-state index contributed by atoms with van der Waals surface area (Å²) in [5.41, 5.74) is -0.828. The van der Waals surface area contributed by atoms with Crippen molar-refractivity contribution in [3.63, 3.8) is 0 Å². The highest BCUT2D eigenvalue weighted by Crippen LogP contribution is 2.17. The smallest absolute Gasteiger partial charge is 0.258 e. The minimum absolute atomic E-state index is 0.0556. The molecule has 0 radical (unpaired) electrons. The molecular weight excluding hydrogens is 310 g/mol. The zero-order chi connectivity index (χ0) is 14.3. The van der Waals surface area contributed by atoms with Crippen molar-refractivity contribution >= 4 is 21.8 Å². The van der Waals surface area contributed by atoms with Crippen molar-refractivity contribution < 1.29 is 14.6 Å². The summed E-state index contributed by atoms with van der Waals surface area (Å²) in [5.74, 6) is 0.395. The third kappa shape index (κ3) is 5.61. The van der Waals surface area contributed by atoms with Gasteiger partial charge >= 0.3 is 0 Å². The maximum absolute atomic E-state index is 11.6. The van der Waals surface area contributed by atoms with Crippen LogP contribution in [0.1, 0.15) is 26.7 Å². The van der Waals surface area contributed by atoms with E-state index in [0.29, 0.717) is 18.6 Å². The van der Waals surface area contributed by atoms with Gasteiger partial charge in [-0.1, -0.05) is 35.8 Å². The van der Waals surface area contributed by atoms with Crippen molar-refractivity contribution in [2.24, 2.45) is 0 Å². The lowest BCUT2D eigenvalue weighted by molar-refractivity contribution is -0.124. The van der Waals surface area contributed by atoms with Crippen molar-refractivity contribution in [1.29, 1.82) is 0 Å². The van der Waals surface area contributed by atoms with E-state index >= 15 is 0 Å². The van der Waals surface area contributed by atoms with E-state index in [4.69, 9.17) is 4.74 Å². The molecule has 0 fully saturated rings. The number of carbonyl (C=O) groups excluding carboxylic acids is 1. The highest BCUT2D eigenvalue weighted by atomic mass is 79.9. The molecule has 0 atom stereocenters. The number of hydrogen-bond donors (Lipinski definition) is 2. The molecule has 0 aliphatic heterocycles. The highest BCUT2D eigenvalue weighted by molar-refractivity contribution is 9.10. The largest absolute Gasteiger partial charge is 0.484 e. The summed E-state index contributed by atoms with van der Waals surface area (Å²) in [5, 5.41) is 12.7. The molecule has 1 rings (SSSR count). The van der Waals surface area contributed by atoms with Crippen LogP contribution in [-0.4, -0.2) is 29.8 Å². The van der Waals surface area contributed by atoms with Gasteiger partial charge in [0.1, 0.15) is 5.75 Å². The van der Waals surface area contributed by atoms with Gasteiger partial charge in [0.2, 0.25) is 0 Å². The predicted octanol–water partition coefficient (Wildman–Crippen LogP) is 2.50. The molecule has 1 aromatic rings. The molecule has 0 aliphatic carbocycles. The fourth-order valence-corrected chi connectivity index (χ4v) is 1.90. The molecule has 0 aromatic heterocycles. The molecule has 0 aliphatic rings. The topological polar surface area (TPSA) is 58.6 Å². The van der Waals surface area contributed by atoms with Crippen LogP contribution < -0.4 is 10.1 Å². The molecule has 106 valence electrons. The Kier molecular flexibility index (Phi) is 6.31. The molecule has 19 heavy (non-hydrogen) atoms. The highest BCUT2D eigenvalue weighted by Gasteiger charge is 2.22. The Morgan fingerprint density at radius 3 is 2.68 bits per heavy atom. The van der Waals surface area contributed by atoms with Gasteiger partial charge in [-0.3, -0.25) is 4.79 Å². The van der Waals surface area contributed by atoms with Crippen molar-refractivity contribution in [2.45, 2.75) is 32.3 Å². The molecule has 0 saturated heterocycles. The SMILES string of the molecule is CCC(O)(CC)CNC(=O)COc1cccc(Br)c1. The molecule has 0 heterocycles. The second-order valence-corrected chi connectivity index (χ2v) is 5.37. The predicted molar refractivity (Wildman–Crippen MR) is 78.2 cm³/mol. The van der Waals surface area contributed by atoms with Crippen molar-refractivity contribution in [1.82, 2.24) is 5.32 Å². The zero-order valence-electron chi connectivity index (χ0n) is 11.3. The maximum atomic E-state index is 11.6. The first kappa shape index (κ1) is 16.0. The average Bonchev–Trinajstić information content (AvgIpc) is 2.42. The minimum Gasteiger partial charge on any atom is -0.484 e. The molecule has 0 bridgehead atoms. The second kappa shape index (κ2) is 7.50. The Balaban J connectivity index is 2.36. The van der Waals surface area contributed by atoms with Crippen molar-refractivity contribution in [2.75, 3.05) is 13.2 Å². The van der Waals surface area contributed by atoms with E-state index in [-0.39, 0.29) is 19.1 Å². The number of rotatable bonds is 7. The Hall–Kier alpha value is -1.07. The van der Waals surface area contributed by atoms with E-state index in [0.717, 1.165) is 4.47 Å². The molecule has 1 amide bonds. The fourth-order valence-electron chi connectivity index (χ4n) is 1.52. The summed E-state index contributed by atoms with van der Waals surface area (Å²) >= 11 is 3.33. The lowest BCUT2D eigenvalue weighted by Crippen LogP contribution is -2.43. The summed E-state index contributed by atoms with van der Waals surface area (Å²) < 4.78 is 6.26. The number of ether oxygens (including phenoxy) is 1. The molecule has 5 heteroatoms. The van der Waals surface area contributed by atoms with Crippen LogP contribution in [-0.2, 0) is 4.79 Å². The lowest BCUT2D eigenvalue weighted by Gasteiger charge is -2.25. The van der Waals surface area contributed by atoms with Crippen LogP contribution in [0, 0.1) is 0 Å². The first-order valence-electron chi connectivity index (χ1n) is 6.36. The minimum atomic E-state index is -0.828. The third-order valence-electron chi connectivity index (χ3n) is 3.10. The Labute approximate surface area is 122 Å². The van der Waals surface area contributed by atoms with Gasteiger partial charge < -0.3 is 15.2 Å². The van der Waals surface area contributed by atoms with Gasteiger partial charge in [-0.2, -0.15) is 0 Å². The van der Waals surface area contributed by atoms with E-state index in [1.807, 2.05) is 26.0 Å². The van der Waals surface area contributed by atoms with Crippen LogP contribution >= 0.6 is 15.9 Å². The zero-order valence-corrected chi connectivity index (χ0v) is 12.9. The molecule has 4 nitrogen and oxygen atoms in total. The first-order chi connectivity index (χ1) is 8.99. The Bertz CT molecular complexity index is 419. The first-order valence-corrected chi connectivity index (χ1v) is 7.16. The van der Waals surface area contributed by atoms with Crippen LogP contribution in [0.15, 0.2) is 28.7 Å². The van der Waals surface area contributed by atoms with Crippen LogP contribution in [0.3, 0.4) is 0 Å². The quantitative estimate of drug-likeness (QED) is 0.808. The number of aliphatic hydroxyl groups is 1. The van der Waals surface area contributed by atoms with Gasteiger partial charge in [0.15, 0.2) is 6.61 Å². The Morgan fingerprint density at radius 2 is 2.11 bits per heavy atom. The van der Waals surface area contributed by atoms with Gasteiger partial charge in [-0.05, 0) is 31.0 Å². The number of halogens is 1. The van der Waals surface area contributed by atoms with Crippen molar-refractivity contribution in [3.05, 3.63) is 28.7 Å².